The van der Waals surface area contributed by atoms with Gasteiger partial charge in [-0.2, -0.15) is 0 Å². The Labute approximate surface area is 123 Å². The summed E-state index contributed by atoms with van der Waals surface area (Å²) in [5.74, 6) is 0.255. The lowest BCUT2D eigenvalue weighted by atomic mass is 10.1. The monoisotopic (exact) mass is 312 g/mol. The van der Waals surface area contributed by atoms with Crippen LogP contribution < -0.4 is 10.5 Å². The molecular formula is C14H17FN2O3S. The van der Waals surface area contributed by atoms with Gasteiger partial charge in [-0.3, -0.25) is 0 Å². The zero-order valence-electron chi connectivity index (χ0n) is 11.6. The van der Waals surface area contributed by atoms with E-state index in [1.807, 2.05) is 6.92 Å². The van der Waals surface area contributed by atoms with Crippen LogP contribution in [-0.2, 0) is 23.0 Å². The van der Waals surface area contributed by atoms with Crippen LogP contribution in [0.5, 0.6) is 0 Å². The zero-order valence-corrected chi connectivity index (χ0v) is 12.4. The molecule has 114 valence electrons. The van der Waals surface area contributed by atoms with E-state index < -0.39 is 10.0 Å². The van der Waals surface area contributed by atoms with Crippen LogP contribution in [0.25, 0.3) is 0 Å². The van der Waals surface area contributed by atoms with Crippen molar-refractivity contribution < 1.29 is 17.2 Å². The van der Waals surface area contributed by atoms with E-state index in [0.29, 0.717) is 18.8 Å². The van der Waals surface area contributed by atoms with Crippen molar-refractivity contribution in [3.63, 3.8) is 0 Å². The Bertz CT molecular complexity index is 726. The van der Waals surface area contributed by atoms with Crippen LogP contribution in [0.3, 0.4) is 0 Å². The molecule has 5 nitrogen and oxygen atoms in total. The maximum Gasteiger partial charge on any atom is 0.271 e. The van der Waals surface area contributed by atoms with Crippen molar-refractivity contribution in [3.05, 3.63) is 53.0 Å². The Balaban J connectivity index is 1.83. The third kappa shape index (κ3) is 4.38. The molecule has 0 saturated carbocycles. The van der Waals surface area contributed by atoms with Gasteiger partial charge in [0, 0.05) is 0 Å². The fourth-order valence-corrected chi connectivity index (χ4v) is 2.46. The summed E-state index contributed by atoms with van der Waals surface area (Å²) in [4.78, 5) is 0. The second-order valence-corrected chi connectivity index (χ2v) is 6.26. The summed E-state index contributed by atoms with van der Waals surface area (Å²) >= 11 is 0. The van der Waals surface area contributed by atoms with Gasteiger partial charge in [-0.25, -0.2) is 17.9 Å². The van der Waals surface area contributed by atoms with Gasteiger partial charge in [0.1, 0.15) is 11.6 Å². The van der Waals surface area contributed by atoms with E-state index in [0.717, 1.165) is 17.5 Å². The molecule has 0 fully saturated rings. The fourth-order valence-electron chi connectivity index (χ4n) is 1.98. The van der Waals surface area contributed by atoms with E-state index >= 15 is 0 Å². The van der Waals surface area contributed by atoms with E-state index in [1.165, 1.54) is 18.2 Å². The van der Waals surface area contributed by atoms with Crippen LogP contribution in [0.1, 0.15) is 16.9 Å². The van der Waals surface area contributed by atoms with E-state index in [1.54, 1.807) is 12.1 Å². The Morgan fingerprint density at radius 2 is 2.05 bits per heavy atom. The van der Waals surface area contributed by atoms with Crippen molar-refractivity contribution in [1.82, 2.24) is 5.32 Å². The Hall–Kier alpha value is -1.70. The van der Waals surface area contributed by atoms with Gasteiger partial charge in [0.2, 0.25) is 5.09 Å². The number of primary sulfonamides is 1. The lowest BCUT2D eigenvalue weighted by Gasteiger charge is -2.06. The highest BCUT2D eigenvalue weighted by Gasteiger charge is 2.12. The van der Waals surface area contributed by atoms with Crippen LogP contribution in [0.4, 0.5) is 4.39 Å². The zero-order chi connectivity index (χ0) is 15.5. The summed E-state index contributed by atoms with van der Waals surface area (Å²) in [6.45, 7) is 2.93. The smallest absolute Gasteiger partial charge is 0.271 e. The van der Waals surface area contributed by atoms with Gasteiger partial charge >= 0.3 is 0 Å². The quantitative estimate of drug-likeness (QED) is 0.795. The van der Waals surface area contributed by atoms with Gasteiger partial charge in [0.25, 0.3) is 10.0 Å². The van der Waals surface area contributed by atoms with Crippen LogP contribution in [-0.4, -0.2) is 15.0 Å². The number of halogens is 1. The molecule has 0 saturated heterocycles. The highest BCUT2D eigenvalue weighted by Crippen LogP contribution is 2.12. The van der Waals surface area contributed by atoms with Crippen molar-refractivity contribution in [1.29, 1.82) is 0 Å². The molecule has 0 aliphatic carbocycles. The first-order valence-corrected chi connectivity index (χ1v) is 7.98. The molecule has 21 heavy (non-hydrogen) atoms. The van der Waals surface area contributed by atoms with Crippen molar-refractivity contribution in [2.45, 2.75) is 25.0 Å². The normalized spacial score (nSPS) is 11.8. The van der Waals surface area contributed by atoms with Crippen LogP contribution in [0.15, 0.2) is 39.8 Å². The summed E-state index contributed by atoms with van der Waals surface area (Å²) < 4.78 is 40.2. The van der Waals surface area contributed by atoms with Gasteiger partial charge in [-0.15, -0.1) is 0 Å². The predicted molar refractivity (Wildman–Crippen MR) is 76.6 cm³/mol. The number of nitrogens with two attached hydrogens (primary N) is 1. The highest BCUT2D eigenvalue weighted by atomic mass is 32.2. The van der Waals surface area contributed by atoms with Gasteiger partial charge in [-0.05, 0) is 55.3 Å². The number of hydrogen-bond acceptors (Lipinski definition) is 4. The average Bonchev–Trinajstić information content (AvgIpc) is 2.85. The summed E-state index contributed by atoms with van der Waals surface area (Å²) in [7, 11) is -3.80. The first-order chi connectivity index (χ1) is 9.86. The largest absolute Gasteiger partial charge is 0.447 e. The Morgan fingerprint density at radius 1 is 1.29 bits per heavy atom. The summed E-state index contributed by atoms with van der Waals surface area (Å²) in [6.07, 6.45) is 0.745. The molecule has 0 aliphatic heterocycles. The van der Waals surface area contributed by atoms with Gasteiger partial charge in [0.15, 0.2) is 0 Å². The second-order valence-electron chi connectivity index (χ2n) is 4.76. The number of furan rings is 1. The van der Waals surface area contributed by atoms with Crippen molar-refractivity contribution in [3.8, 4) is 0 Å². The highest BCUT2D eigenvalue weighted by molar-refractivity contribution is 7.89. The standard InChI is InChI=1S/C14H17FN2O3S/c1-10-8-12(15)3-2-11(10)6-7-17-9-13-4-5-14(20-13)21(16,18)19/h2-5,8,17H,6-7,9H2,1H3,(H2,16,18,19). The third-order valence-electron chi connectivity index (χ3n) is 3.09. The Morgan fingerprint density at radius 3 is 2.67 bits per heavy atom. The minimum Gasteiger partial charge on any atom is -0.447 e. The minimum atomic E-state index is -3.80. The van der Waals surface area contributed by atoms with E-state index in [2.05, 4.69) is 5.32 Å². The molecule has 2 aromatic rings. The van der Waals surface area contributed by atoms with Crippen LogP contribution in [0.2, 0.25) is 0 Å². The fraction of sp³-hybridized carbons (Fsp3) is 0.286. The molecule has 7 heteroatoms. The maximum absolute atomic E-state index is 13.0. The number of aryl methyl sites for hydroxylation is 1. The number of hydrogen-bond donors (Lipinski definition) is 2. The second kappa shape index (κ2) is 6.38. The molecule has 0 unspecified atom stereocenters. The molecule has 1 aromatic carbocycles. The number of rotatable bonds is 6. The molecule has 0 amide bonds. The van der Waals surface area contributed by atoms with E-state index in [9.17, 15) is 12.8 Å². The molecule has 0 spiro atoms. The molecule has 1 heterocycles. The van der Waals surface area contributed by atoms with Crippen LogP contribution in [0, 0.1) is 12.7 Å². The maximum atomic E-state index is 13.0. The average molecular weight is 312 g/mol. The van der Waals surface area contributed by atoms with Crippen molar-refractivity contribution >= 4 is 10.0 Å². The number of nitrogens with one attached hydrogen (secondary N) is 1. The third-order valence-corrected chi connectivity index (χ3v) is 3.87. The first-order valence-electron chi connectivity index (χ1n) is 6.43. The predicted octanol–water partition coefficient (Wildman–Crippen LogP) is 1.71. The summed E-state index contributed by atoms with van der Waals surface area (Å²) in [5.41, 5.74) is 1.97. The molecule has 0 radical (unpaired) electrons. The van der Waals surface area contributed by atoms with Gasteiger partial charge < -0.3 is 9.73 Å². The lowest BCUT2D eigenvalue weighted by molar-refractivity contribution is 0.403. The lowest BCUT2D eigenvalue weighted by Crippen LogP contribution is -2.17. The van der Waals surface area contributed by atoms with Crippen molar-refractivity contribution in [2.75, 3.05) is 6.54 Å². The van der Waals surface area contributed by atoms with Crippen LogP contribution >= 0.6 is 0 Å². The summed E-state index contributed by atoms with van der Waals surface area (Å²) in [5, 5.41) is 7.85. The number of benzene rings is 1. The SMILES string of the molecule is Cc1cc(F)ccc1CCNCc1ccc(S(N)(=O)=O)o1. The first kappa shape index (κ1) is 15.7. The molecule has 0 aliphatic rings. The van der Waals surface area contributed by atoms with E-state index in [4.69, 9.17) is 9.56 Å². The Kier molecular flexibility index (Phi) is 4.76. The minimum absolute atomic E-state index is 0.240. The van der Waals surface area contributed by atoms with Crippen molar-refractivity contribution in [2.24, 2.45) is 5.14 Å². The summed E-state index contributed by atoms with van der Waals surface area (Å²) in [6, 6.07) is 7.60. The molecule has 0 bridgehead atoms. The molecule has 1 aromatic heterocycles. The molecule has 2 rings (SSSR count). The van der Waals surface area contributed by atoms with E-state index in [-0.39, 0.29) is 10.9 Å². The number of sulfonamides is 1. The van der Waals surface area contributed by atoms with Gasteiger partial charge in [-0.1, -0.05) is 6.07 Å². The molecular weight excluding hydrogens is 295 g/mol. The van der Waals surface area contributed by atoms with Gasteiger partial charge in [0.05, 0.1) is 6.54 Å². The molecule has 0 atom stereocenters. The molecule has 3 N–H and O–H groups in total. The topological polar surface area (TPSA) is 85.3 Å².